The highest BCUT2D eigenvalue weighted by molar-refractivity contribution is 5.94. The lowest BCUT2D eigenvalue weighted by atomic mass is 9.86. The van der Waals surface area contributed by atoms with Crippen LogP contribution in [-0.2, 0) is 16.6 Å². The van der Waals surface area contributed by atoms with Gasteiger partial charge in [-0.1, -0.05) is 45.0 Å². The highest BCUT2D eigenvalue weighted by atomic mass is 16.5. The Kier molecular flexibility index (Phi) is 6.39. The number of hydrogen-bond acceptors (Lipinski definition) is 6. The summed E-state index contributed by atoms with van der Waals surface area (Å²) in [4.78, 5) is 36.4. The van der Waals surface area contributed by atoms with Gasteiger partial charge in [0.1, 0.15) is 5.82 Å². The van der Waals surface area contributed by atoms with E-state index in [1.807, 2.05) is 13.0 Å². The number of carbonyl (C=O) groups excluding carboxylic acids is 2. The second kappa shape index (κ2) is 8.86. The van der Waals surface area contributed by atoms with Gasteiger partial charge in [0.05, 0.1) is 11.4 Å². The molecule has 3 rings (SSSR count). The minimum Gasteiger partial charge on any atom is -0.422 e. The fourth-order valence-electron chi connectivity index (χ4n) is 3.37. The average molecular weight is 433 g/mol. The van der Waals surface area contributed by atoms with Crippen molar-refractivity contribution < 1.29 is 14.3 Å². The summed E-state index contributed by atoms with van der Waals surface area (Å²) < 4.78 is 5.08. The first-order chi connectivity index (χ1) is 15.0. The van der Waals surface area contributed by atoms with Gasteiger partial charge in [-0.2, -0.15) is 0 Å². The molecule has 0 fully saturated rings. The number of hydrogen-bond donors (Lipinski definition) is 1. The molecule has 1 amide bonds. The van der Waals surface area contributed by atoms with Crippen molar-refractivity contribution in [2.75, 3.05) is 0 Å². The van der Waals surface area contributed by atoms with E-state index < -0.39 is 11.9 Å². The smallest absolute Gasteiger partial charge is 0.308 e. The number of primary amides is 1. The second-order valence-corrected chi connectivity index (χ2v) is 8.86. The molecular weight excluding hydrogens is 404 g/mol. The summed E-state index contributed by atoms with van der Waals surface area (Å²) in [6.45, 7) is 11.4. The Hall–Kier alpha value is -3.61. The normalized spacial score (nSPS) is 11.3. The molecule has 0 aliphatic heterocycles. The van der Waals surface area contributed by atoms with Crippen molar-refractivity contribution in [1.29, 1.82) is 0 Å². The van der Waals surface area contributed by atoms with Crippen molar-refractivity contribution in [1.82, 2.24) is 15.0 Å². The summed E-state index contributed by atoms with van der Waals surface area (Å²) in [7, 11) is 0. The van der Waals surface area contributed by atoms with E-state index in [0.717, 1.165) is 22.4 Å². The molecule has 0 saturated heterocycles. The van der Waals surface area contributed by atoms with Crippen LogP contribution >= 0.6 is 0 Å². The number of benzene rings is 1. The molecule has 32 heavy (non-hydrogen) atoms. The number of aromatic nitrogens is 3. The van der Waals surface area contributed by atoms with Gasteiger partial charge in [-0.3, -0.25) is 14.6 Å². The molecular formula is C25H28N4O3. The molecule has 3 aromatic rings. The molecule has 0 radical (unpaired) electrons. The van der Waals surface area contributed by atoms with Gasteiger partial charge in [-0.15, -0.1) is 0 Å². The van der Waals surface area contributed by atoms with Gasteiger partial charge in [0.15, 0.2) is 11.4 Å². The lowest BCUT2D eigenvalue weighted by molar-refractivity contribution is -0.132. The highest BCUT2D eigenvalue weighted by Crippen LogP contribution is 2.27. The fourth-order valence-corrected chi connectivity index (χ4v) is 3.37. The average Bonchev–Trinajstić information content (AvgIpc) is 2.70. The van der Waals surface area contributed by atoms with Crippen LogP contribution < -0.4 is 10.5 Å². The predicted octanol–water partition coefficient (Wildman–Crippen LogP) is 4.07. The van der Waals surface area contributed by atoms with Crippen LogP contribution in [0.1, 0.15) is 66.4 Å². The molecule has 0 spiro atoms. The van der Waals surface area contributed by atoms with Gasteiger partial charge in [0.2, 0.25) is 0 Å². The van der Waals surface area contributed by atoms with E-state index in [1.165, 1.54) is 12.5 Å². The van der Waals surface area contributed by atoms with Crippen molar-refractivity contribution in [3.05, 3.63) is 70.4 Å². The number of nitrogens with two attached hydrogens (primary N) is 1. The Morgan fingerprint density at radius 1 is 1.06 bits per heavy atom. The lowest BCUT2D eigenvalue weighted by Gasteiger charge is -2.19. The van der Waals surface area contributed by atoms with Gasteiger partial charge >= 0.3 is 5.97 Å². The first-order valence-corrected chi connectivity index (χ1v) is 10.4. The molecule has 0 bridgehead atoms. The van der Waals surface area contributed by atoms with Crippen LogP contribution in [0.5, 0.6) is 5.75 Å². The number of aryl methyl sites for hydroxylation is 2. The molecule has 0 atom stereocenters. The standard InChI is InChI=1S/C25H28N4O3/c1-14-11-20(17-7-9-19(10-8-17)25(4,5)6)27-13-18(14)12-21-28-15(2)23(32-16(3)30)22(29-21)24(26)31/h7-11,13H,12H2,1-6H3,(H2,26,31). The SMILES string of the molecule is CC(=O)Oc1c(C)nc(Cc2cnc(-c3ccc(C(C)(C)C)cc3)cc2C)nc1C(N)=O. The van der Waals surface area contributed by atoms with Crippen molar-refractivity contribution in [3.8, 4) is 17.0 Å². The van der Waals surface area contributed by atoms with Crippen molar-refractivity contribution >= 4 is 11.9 Å². The van der Waals surface area contributed by atoms with Gasteiger partial charge in [-0.05, 0) is 42.0 Å². The van der Waals surface area contributed by atoms with Crippen LogP contribution in [0.3, 0.4) is 0 Å². The van der Waals surface area contributed by atoms with Crippen LogP contribution in [-0.4, -0.2) is 26.8 Å². The number of amides is 1. The van der Waals surface area contributed by atoms with Gasteiger partial charge in [0, 0.05) is 25.1 Å². The zero-order valence-corrected chi connectivity index (χ0v) is 19.3. The number of rotatable bonds is 5. The van der Waals surface area contributed by atoms with E-state index >= 15 is 0 Å². The van der Waals surface area contributed by atoms with Crippen LogP contribution in [0.25, 0.3) is 11.3 Å². The summed E-state index contributed by atoms with van der Waals surface area (Å²) in [5.41, 5.74) is 11.0. The van der Waals surface area contributed by atoms with E-state index in [-0.39, 0.29) is 16.9 Å². The molecule has 7 heteroatoms. The summed E-state index contributed by atoms with van der Waals surface area (Å²) in [5, 5.41) is 0. The topological polar surface area (TPSA) is 108 Å². The first-order valence-electron chi connectivity index (χ1n) is 10.4. The number of carbonyl (C=O) groups is 2. The third-order valence-electron chi connectivity index (χ3n) is 5.17. The van der Waals surface area contributed by atoms with E-state index in [1.54, 1.807) is 13.1 Å². The molecule has 0 aliphatic rings. The van der Waals surface area contributed by atoms with E-state index in [2.05, 4.69) is 60.0 Å². The van der Waals surface area contributed by atoms with Crippen LogP contribution in [0.2, 0.25) is 0 Å². The molecule has 0 saturated carbocycles. The van der Waals surface area contributed by atoms with E-state index in [9.17, 15) is 9.59 Å². The molecule has 1 aromatic carbocycles. The molecule has 2 N–H and O–H groups in total. The van der Waals surface area contributed by atoms with Crippen LogP contribution in [0.4, 0.5) is 0 Å². The first kappa shape index (κ1) is 23.1. The summed E-state index contributed by atoms with van der Waals surface area (Å²) in [6, 6.07) is 10.5. The van der Waals surface area contributed by atoms with Gasteiger partial charge < -0.3 is 10.5 Å². The Bertz CT molecular complexity index is 1180. The molecule has 166 valence electrons. The van der Waals surface area contributed by atoms with Crippen molar-refractivity contribution in [2.45, 2.75) is 53.4 Å². The largest absolute Gasteiger partial charge is 0.422 e. The van der Waals surface area contributed by atoms with Crippen molar-refractivity contribution in [2.24, 2.45) is 5.73 Å². The number of pyridine rings is 1. The Morgan fingerprint density at radius 3 is 2.25 bits per heavy atom. The van der Waals surface area contributed by atoms with Gasteiger partial charge in [0.25, 0.3) is 5.91 Å². The second-order valence-electron chi connectivity index (χ2n) is 8.86. The maximum Gasteiger partial charge on any atom is 0.308 e. The maximum absolute atomic E-state index is 11.8. The molecule has 0 unspecified atom stereocenters. The summed E-state index contributed by atoms with van der Waals surface area (Å²) in [5.74, 6) is -0.952. The van der Waals surface area contributed by atoms with Crippen LogP contribution in [0.15, 0.2) is 36.5 Å². The van der Waals surface area contributed by atoms with E-state index in [4.69, 9.17) is 10.5 Å². The molecule has 7 nitrogen and oxygen atoms in total. The quantitative estimate of drug-likeness (QED) is 0.609. The highest BCUT2D eigenvalue weighted by Gasteiger charge is 2.20. The minimum atomic E-state index is -0.781. The predicted molar refractivity (Wildman–Crippen MR) is 123 cm³/mol. The maximum atomic E-state index is 11.8. The number of nitrogens with zero attached hydrogens (tertiary/aromatic N) is 3. The van der Waals surface area contributed by atoms with E-state index in [0.29, 0.717) is 17.9 Å². The summed E-state index contributed by atoms with van der Waals surface area (Å²) in [6.07, 6.45) is 2.16. The minimum absolute atomic E-state index is 0.00218. The third kappa shape index (κ3) is 5.17. The molecule has 2 aromatic heterocycles. The zero-order chi connectivity index (χ0) is 23.6. The third-order valence-corrected chi connectivity index (χ3v) is 5.17. The fraction of sp³-hybridized carbons (Fsp3) is 0.320. The number of ether oxygens (including phenoxy) is 1. The molecule has 2 heterocycles. The zero-order valence-electron chi connectivity index (χ0n) is 19.3. The Morgan fingerprint density at radius 2 is 1.72 bits per heavy atom. The monoisotopic (exact) mass is 432 g/mol. The van der Waals surface area contributed by atoms with Crippen molar-refractivity contribution in [3.63, 3.8) is 0 Å². The molecule has 0 aliphatic carbocycles. The number of esters is 1. The van der Waals surface area contributed by atoms with Gasteiger partial charge in [-0.25, -0.2) is 9.97 Å². The summed E-state index contributed by atoms with van der Waals surface area (Å²) >= 11 is 0. The Labute approximate surface area is 188 Å². The lowest BCUT2D eigenvalue weighted by Crippen LogP contribution is -2.19. The van der Waals surface area contributed by atoms with Crippen LogP contribution in [0, 0.1) is 13.8 Å². The Balaban J connectivity index is 1.89.